The van der Waals surface area contributed by atoms with Crippen molar-refractivity contribution in [2.75, 3.05) is 0 Å². The van der Waals surface area contributed by atoms with Crippen LogP contribution in [-0.2, 0) is 12.8 Å². The van der Waals surface area contributed by atoms with Crippen LogP contribution in [0.4, 0.5) is 0 Å². The fourth-order valence-electron chi connectivity index (χ4n) is 1.68. The molecule has 0 fully saturated rings. The van der Waals surface area contributed by atoms with Gasteiger partial charge in [0, 0.05) is 28.4 Å². The van der Waals surface area contributed by atoms with E-state index in [-0.39, 0.29) is 0 Å². The van der Waals surface area contributed by atoms with Crippen LogP contribution in [0.3, 0.4) is 0 Å². The quantitative estimate of drug-likeness (QED) is 0.620. The first kappa shape index (κ1) is 8.18. The first-order valence-corrected chi connectivity index (χ1v) is 5.81. The Labute approximate surface area is 87.4 Å². The van der Waals surface area contributed by atoms with Crippen LogP contribution in [0.5, 0.6) is 0 Å². The van der Waals surface area contributed by atoms with Gasteiger partial charge in [0.15, 0.2) is 0 Å². The van der Waals surface area contributed by atoms with Gasteiger partial charge in [-0.15, -0.1) is 11.3 Å². The molecule has 0 bridgehead atoms. The molecular weight excluding hydrogens is 190 g/mol. The van der Waals surface area contributed by atoms with E-state index in [0.717, 1.165) is 12.1 Å². The molecule has 0 atom stereocenters. The monoisotopic (exact) mass is 201 g/mol. The predicted octanol–water partition coefficient (Wildman–Crippen LogP) is 3.28. The van der Waals surface area contributed by atoms with E-state index in [2.05, 4.69) is 29.4 Å². The minimum Gasteiger partial charge on any atom is -0.256 e. The van der Waals surface area contributed by atoms with Crippen LogP contribution < -0.4 is 0 Å². The number of nitrogens with zero attached hydrogens (tertiary/aromatic N) is 1. The number of thiophene rings is 1. The van der Waals surface area contributed by atoms with Crippen molar-refractivity contribution in [3.8, 4) is 11.3 Å². The molecule has 0 N–H and O–H groups in total. The van der Waals surface area contributed by atoms with E-state index in [1.54, 1.807) is 4.88 Å². The van der Waals surface area contributed by atoms with Gasteiger partial charge in [-0.05, 0) is 23.6 Å². The van der Waals surface area contributed by atoms with Crippen molar-refractivity contribution in [3.05, 3.63) is 39.7 Å². The van der Waals surface area contributed by atoms with E-state index < -0.39 is 0 Å². The molecule has 0 aliphatic heterocycles. The zero-order valence-electron chi connectivity index (χ0n) is 8.08. The van der Waals surface area contributed by atoms with Gasteiger partial charge in [-0.2, -0.15) is 0 Å². The lowest BCUT2D eigenvalue weighted by molar-refractivity contribution is 1.11. The topological polar surface area (TPSA) is 12.9 Å². The van der Waals surface area contributed by atoms with Crippen molar-refractivity contribution in [3.63, 3.8) is 0 Å². The third-order valence-electron chi connectivity index (χ3n) is 2.70. The Morgan fingerprint density at radius 2 is 2.36 bits per heavy atom. The van der Waals surface area contributed by atoms with E-state index in [9.17, 15) is 0 Å². The molecular formula is C12H11NS. The molecule has 14 heavy (non-hydrogen) atoms. The third kappa shape index (κ3) is 1.18. The Morgan fingerprint density at radius 3 is 2.86 bits per heavy atom. The van der Waals surface area contributed by atoms with Gasteiger partial charge in [0.25, 0.3) is 0 Å². The number of fused-ring (bicyclic) bond motifs is 1. The first-order valence-electron chi connectivity index (χ1n) is 4.93. The normalized spacial score (nSPS) is 12.6. The third-order valence-corrected chi connectivity index (χ3v) is 3.73. The number of aromatic nitrogens is 1. The largest absolute Gasteiger partial charge is 0.256 e. The number of hydrogen-bond donors (Lipinski definition) is 0. The van der Waals surface area contributed by atoms with Crippen molar-refractivity contribution >= 4 is 11.3 Å². The van der Waals surface area contributed by atoms with E-state index >= 15 is 0 Å². The highest BCUT2D eigenvalue weighted by Crippen LogP contribution is 2.42. The molecule has 1 aliphatic carbocycles. The highest BCUT2D eigenvalue weighted by molar-refractivity contribution is 7.11. The minimum atomic E-state index is 1.06. The molecule has 2 aromatic rings. The Morgan fingerprint density at radius 1 is 1.43 bits per heavy atom. The number of rotatable bonds is 2. The Bertz CT molecular complexity index is 468. The van der Waals surface area contributed by atoms with Gasteiger partial charge in [0.2, 0.25) is 0 Å². The summed E-state index contributed by atoms with van der Waals surface area (Å²) < 4.78 is 0. The summed E-state index contributed by atoms with van der Waals surface area (Å²) in [6.07, 6.45) is 4.25. The zero-order valence-corrected chi connectivity index (χ0v) is 8.90. The molecule has 2 aromatic heterocycles. The number of aryl methyl sites for hydroxylation is 1. The van der Waals surface area contributed by atoms with Crippen LogP contribution in [0, 0.1) is 0 Å². The van der Waals surface area contributed by atoms with Crippen molar-refractivity contribution in [1.29, 1.82) is 0 Å². The van der Waals surface area contributed by atoms with Crippen molar-refractivity contribution in [2.45, 2.75) is 19.8 Å². The van der Waals surface area contributed by atoms with E-state index in [0.29, 0.717) is 0 Å². The average Bonchev–Trinajstić information content (AvgIpc) is 2.91. The molecule has 1 aliphatic rings. The summed E-state index contributed by atoms with van der Waals surface area (Å²) in [5.41, 5.74) is 5.32. The maximum atomic E-state index is 4.49. The second kappa shape index (κ2) is 2.92. The molecule has 0 aromatic carbocycles. The summed E-state index contributed by atoms with van der Waals surface area (Å²) in [6, 6.07) is 4.31. The molecule has 0 unspecified atom stereocenters. The maximum absolute atomic E-state index is 4.49. The van der Waals surface area contributed by atoms with Crippen molar-refractivity contribution in [2.24, 2.45) is 0 Å². The van der Waals surface area contributed by atoms with Crippen molar-refractivity contribution in [1.82, 2.24) is 4.98 Å². The summed E-state index contributed by atoms with van der Waals surface area (Å²) in [4.78, 5) is 6.04. The van der Waals surface area contributed by atoms with E-state index in [4.69, 9.17) is 0 Å². The van der Waals surface area contributed by atoms with Gasteiger partial charge < -0.3 is 0 Å². The van der Waals surface area contributed by atoms with Crippen LogP contribution in [0.15, 0.2) is 23.7 Å². The van der Waals surface area contributed by atoms with Crippen LogP contribution in [-0.4, -0.2) is 4.98 Å². The van der Waals surface area contributed by atoms with E-state index in [1.165, 1.54) is 23.1 Å². The van der Waals surface area contributed by atoms with Gasteiger partial charge in [-0.25, -0.2) is 0 Å². The minimum absolute atomic E-state index is 1.06. The summed E-state index contributed by atoms with van der Waals surface area (Å²) in [6.45, 7) is 2.16. The molecule has 2 heterocycles. The lowest BCUT2D eigenvalue weighted by Gasteiger charge is -1.99. The molecule has 0 saturated heterocycles. The lowest BCUT2D eigenvalue weighted by Crippen LogP contribution is -1.85. The highest BCUT2D eigenvalue weighted by atomic mass is 32.1. The molecule has 0 amide bonds. The van der Waals surface area contributed by atoms with Gasteiger partial charge in [-0.1, -0.05) is 13.0 Å². The summed E-state index contributed by atoms with van der Waals surface area (Å²) in [7, 11) is 0. The fourth-order valence-corrected chi connectivity index (χ4v) is 2.69. The molecule has 2 heteroatoms. The van der Waals surface area contributed by atoms with E-state index in [1.807, 2.05) is 17.5 Å². The van der Waals surface area contributed by atoms with Gasteiger partial charge >= 0.3 is 0 Å². The highest BCUT2D eigenvalue weighted by Gasteiger charge is 2.24. The average molecular weight is 201 g/mol. The first-order chi connectivity index (χ1) is 6.88. The van der Waals surface area contributed by atoms with Crippen LogP contribution in [0.1, 0.15) is 22.9 Å². The Kier molecular flexibility index (Phi) is 1.71. The predicted molar refractivity (Wildman–Crippen MR) is 59.7 cm³/mol. The van der Waals surface area contributed by atoms with Crippen LogP contribution in [0.25, 0.3) is 11.3 Å². The summed E-state index contributed by atoms with van der Waals surface area (Å²) >= 11 is 1.86. The lowest BCUT2D eigenvalue weighted by atomic mass is 10.1. The van der Waals surface area contributed by atoms with Crippen LogP contribution >= 0.6 is 11.3 Å². The van der Waals surface area contributed by atoms with Gasteiger partial charge in [0.05, 0.1) is 5.69 Å². The second-order valence-electron chi connectivity index (χ2n) is 3.63. The molecule has 3 rings (SSSR count). The molecule has 0 saturated carbocycles. The smallest absolute Gasteiger partial charge is 0.0713 e. The standard InChI is InChI=1S/C12H11NS/c1-2-8-3-4-11(13-6-8)10-7-14-12-5-9(10)12/h3-4,6-7H,2,5H2,1H3. The SMILES string of the molecule is CCc1ccc(-c2csc3c2C3)nc1. The van der Waals surface area contributed by atoms with Gasteiger partial charge in [0.1, 0.15) is 0 Å². The zero-order chi connectivity index (χ0) is 9.54. The maximum Gasteiger partial charge on any atom is 0.0713 e. The van der Waals surface area contributed by atoms with Crippen LogP contribution in [0.2, 0.25) is 0 Å². The number of hydrogen-bond acceptors (Lipinski definition) is 2. The summed E-state index contributed by atoms with van der Waals surface area (Å²) in [5.74, 6) is 0. The van der Waals surface area contributed by atoms with Crippen molar-refractivity contribution < 1.29 is 0 Å². The Balaban J connectivity index is 2.02. The van der Waals surface area contributed by atoms with Gasteiger partial charge in [-0.3, -0.25) is 4.98 Å². The fraction of sp³-hybridized carbons (Fsp3) is 0.250. The molecule has 0 spiro atoms. The molecule has 1 nitrogen and oxygen atoms in total. The number of pyridine rings is 1. The summed E-state index contributed by atoms with van der Waals surface area (Å²) in [5, 5.41) is 2.22. The Hall–Kier alpha value is -1.15. The molecule has 70 valence electrons. The molecule has 0 radical (unpaired) electrons. The second-order valence-corrected chi connectivity index (χ2v) is 4.60.